The summed E-state index contributed by atoms with van der Waals surface area (Å²) < 4.78 is 3.48. The van der Waals surface area contributed by atoms with Gasteiger partial charge in [-0.05, 0) is 33.2 Å². The quantitative estimate of drug-likeness (QED) is 0.885. The molecule has 7 nitrogen and oxygen atoms in total. The van der Waals surface area contributed by atoms with Crippen molar-refractivity contribution in [3.8, 4) is 0 Å². The summed E-state index contributed by atoms with van der Waals surface area (Å²) in [5.74, 6) is 1.56. The van der Waals surface area contributed by atoms with Crippen molar-refractivity contribution in [2.75, 3.05) is 19.6 Å². The molecule has 1 atom stereocenters. The molecule has 3 heterocycles. The third-order valence-electron chi connectivity index (χ3n) is 4.75. The van der Waals surface area contributed by atoms with Crippen molar-refractivity contribution in [3.63, 3.8) is 0 Å². The number of aryl methyl sites for hydroxylation is 2. The van der Waals surface area contributed by atoms with E-state index in [0.29, 0.717) is 24.7 Å². The Morgan fingerprint density at radius 3 is 2.92 bits per heavy atom. The van der Waals surface area contributed by atoms with Gasteiger partial charge in [-0.3, -0.25) is 9.36 Å². The molecule has 1 saturated heterocycles. The van der Waals surface area contributed by atoms with Crippen molar-refractivity contribution in [2.24, 2.45) is 0 Å². The van der Waals surface area contributed by atoms with Gasteiger partial charge in [0, 0.05) is 56.3 Å². The summed E-state index contributed by atoms with van der Waals surface area (Å²) >= 11 is 0. The van der Waals surface area contributed by atoms with E-state index in [2.05, 4.69) is 26.4 Å². The lowest BCUT2D eigenvalue weighted by atomic mass is 9.97. The maximum absolute atomic E-state index is 12.0. The molecule has 0 radical (unpaired) electrons. The fraction of sp³-hybridized carbons (Fsp3) is 0.588. The normalized spacial score (nSPS) is 18.8. The number of imidazole rings is 1. The van der Waals surface area contributed by atoms with Gasteiger partial charge in [0.25, 0.3) is 5.56 Å². The van der Waals surface area contributed by atoms with E-state index in [-0.39, 0.29) is 11.2 Å². The first-order valence-corrected chi connectivity index (χ1v) is 8.62. The van der Waals surface area contributed by atoms with Crippen molar-refractivity contribution in [1.82, 2.24) is 24.0 Å². The number of hydrogen-bond acceptors (Lipinski definition) is 4. The Morgan fingerprint density at radius 1 is 1.33 bits per heavy atom. The zero-order valence-electron chi connectivity index (χ0n) is 14.4. The van der Waals surface area contributed by atoms with Crippen LogP contribution in [0.4, 0.5) is 0 Å². The van der Waals surface area contributed by atoms with Crippen molar-refractivity contribution < 1.29 is 0 Å². The smallest absolute Gasteiger partial charge is 0.328 e. The molecule has 7 heteroatoms. The van der Waals surface area contributed by atoms with Gasteiger partial charge in [0.15, 0.2) is 0 Å². The fourth-order valence-electron chi connectivity index (χ4n) is 3.51. The second-order valence-electron chi connectivity index (χ2n) is 6.46. The summed E-state index contributed by atoms with van der Waals surface area (Å²) in [5.41, 5.74) is 0.0482. The van der Waals surface area contributed by atoms with Gasteiger partial charge in [0.05, 0.1) is 0 Å². The molecule has 130 valence electrons. The first-order valence-electron chi connectivity index (χ1n) is 8.62. The number of aromatic nitrogens is 4. The summed E-state index contributed by atoms with van der Waals surface area (Å²) in [7, 11) is 0. The molecule has 1 fully saturated rings. The van der Waals surface area contributed by atoms with Crippen LogP contribution in [-0.2, 0) is 13.1 Å². The summed E-state index contributed by atoms with van der Waals surface area (Å²) in [5, 5.41) is 0. The molecular weight excluding hydrogens is 306 g/mol. The molecule has 0 spiro atoms. The second-order valence-corrected chi connectivity index (χ2v) is 6.46. The Kier molecular flexibility index (Phi) is 4.99. The van der Waals surface area contributed by atoms with Gasteiger partial charge < -0.3 is 14.5 Å². The van der Waals surface area contributed by atoms with Crippen LogP contribution in [0.25, 0.3) is 0 Å². The van der Waals surface area contributed by atoms with Gasteiger partial charge in [-0.2, -0.15) is 0 Å². The van der Waals surface area contributed by atoms with Gasteiger partial charge >= 0.3 is 5.69 Å². The van der Waals surface area contributed by atoms with E-state index in [1.54, 1.807) is 6.92 Å². The monoisotopic (exact) mass is 331 g/mol. The van der Waals surface area contributed by atoms with Crippen molar-refractivity contribution in [2.45, 2.75) is 45.7 Å². The van der Waals surface area contributed by atoms with E-state index in [1.165, 1.54) is 10.6 Å². The SMILES string of the molecule is CCn1ccnc1C1CCCN(CCn2c(=O)cc(C)[nH]c2=O)C1. The van der Waals surface area contributed by atoms with E-state index in [1.807, 2.05) is 12.4 Å². The van der Waals surface area contributed by atoms with E-state index < -0.39 is 0 Å². The predicted octanol–water partition coefficient (Wildman–Crippen LogP) is 0.941. The maximum atomic E-state index is 12.0. The molecule has 0 amide bonds. The lowest BCUT2D eigenvalue weighted by Gasteiger charge is -2.32. The van der Waals surface area contributed by atoms with Gasteiger partial charge in [-0.25, -0.2) is 9.78 Å². The van der Waals surface area contributed by atoms with Crippen LogP contribution in [0.5, 0.6) is 0 Å². The molecule has 0 aromatic carbocycles. The van der Waals surface area contributed by atoms with Gasteiger partial charge in [-0.15, -0.1) is 0 Å². The fourth-order valence-corrected chi connectivity index (χ4v) is 3.51. The molecule has 1 aliphatic heterocycles. The third kappa shape index (κ3) is 3.51. The van der Waals surface area contributed by atoms with Crippen LogP contribution in [-0.4, -0.2) is 43.6 Å². The minimum absolute atomic E-state index is 0.230. The molecule has 3 rings (SSSR count). The molecule has 2 aromatic heterocycles. The highest BCUT2D eigenvalue weighted by molar-refractivity contribution is 5.03. The van der Waals surface area contributed by atoms with E-state index >= 15 is 0 Å². The molecule has 0 saturated carbocycles. The Balaban J connectivity index is 1.66. The third-order valence-corrected chi connectivity index (χ3v) is 4.75. The van der Waals surface area contributed by atoms with Crippen molar-refractivity contribution in [1.29, 1.82) is 0 Å². The van der Waals surface area contributed by atoms with Crippen LogP contribution in [0.1, 0.15) is 37.2 Å². The van der Waals surface area contributed by atoms with E-state index in [4.69, 9.17) is 0 Å². The lowest BCUT2D eigenvalue weighted by Crippen LogP contribution is -2.42. The van der Waals surface area contributed by atoms with Crippen LogP contribution in [0.2, 0.25) is 0 Å². The van der Waals surface area contributed by atoms with Crippen LogP contribution in [0.15, 0.2) is 28.0 Å². The second kappa shape index (κ2) is 7.17. The summed E-state index contributed by atoms with van der Waals surface area (Å²) in [6, 6.07) is 1.47. The summed E-state index contributed by atoms with van der Waals surface area (Å²) in [6.07, 6.45) is 6.14. The number of rotatable bonds is 5. The Labute approximate surface area is 141 Å². The number of H-pyrrole nitrogens is 1. The molecule has 0 bridgehead atoms. The molecular formula is C17H25N5O2. The highest BCUT2D eigenvalue weighted by atomic mass is 16.2. The van der Waals surface area contributed by atoms with Crippen LogP contribution >= 0.6 is 0 Å². The van der Waals surface area contributed by atoms with E-state index in [9.17, 15) is 9.59 Å². The Hall–Kier alpha value is -2.15. The molecule has 1 unspecified atom stereocenters. The van der Waals surface area contributed by atoms with Gasteiger partial charge in [0.2, 0.25) is 0 Å². The molecule has 1 aliphatic rings. The lowest BCUT2D eigenvalue weighted by molar-refractivity contribution is 0.194. The highest BCUT2D eigenvalue weighted by Gasteiger charge is 2.24. The number of nitrogens with one attached hydrogen (secondary N) is 1. The Morgan fingerprint density at radius 2 is 2.17 bits per heavy atom. The predicted molar refractivity (Wildman–Crippen MR) is 92.4 cm³/mol. The number of aromatic amines is 1. The molecule has 24 heavy (non-hydrogen) atoms. The number of piperidine rings is 1. The minimum atomic E-state index is -0.324. The van der Waals surface area contributed by atoms with Gasteiger partial charge in [0.1, 0.15) is 5.82 Å². The van der Waals surface area contributed by atoms with Crippen molar-refractivity contribution >= 4 is 0 Å². The topological polar surface area (TPSA) is 75.9 Å². The molecule has 1 N–H and O–H groups in total. The first kappa shape index (κ1) is 16.7. The average Bonchev–Trinajstić information content (AvgIpc) is 3.03. The van der Waals surface area contributed by atoms with Gasteiger partial charge in [-0.1, -0.05) is 0 Å². The van der Waals surface area contributed by atoms with Crippen LogP contribution in [0.3, 0.4) is 0 Å². The molecule has 0 aliphatic carbocycles. The van der Waals surface area contributed by atoms with Crippen LogP contribution in [0, 0.1) is 6.92 Å². The standard InChI is InChI=1S/C17H25N5O2/c1-3-21-8-6-18-16(21)14-5-4-7-20(12-14)9-10-22-15(23)11-13(2)19-17(22)24/h6,8,11,14H,3-5,7,9-10,12H2,1-2H3,(H,19,24). The summed E-state index contributed by atoms with van der Waals surface area (Å²) in [4.78, 5) is 33.5. The number of likely N-dealkylation sites (tertiary alicyclic amines) is 1. The number of nitrogens with zero attached hydrogens (tertiary/aromatic N) is 4. The van der Waals surface area contributed by atoms with Crippen molar-refractivity contribution in [3.05, 3.63) is 50.8 Å². The summed E-state index contributed by atoms with van der Waals surface area (Å²) in [6.45, 7) is 7.83. The molecule has 2 aromatic rings. The zero-order valence-corrected chi connectivity index (χ0v) is 14.4. The largest absolute Gasteiger partial charge is 0.335 e. The highest BCUT2D eigenvalue weighted by Crippen LogP contribution is 2.25. The van der Waals surface area contributed by atoms with Crippen LogP contribution < -0.4 is 11.2 Å². The first-order chi connectivity index (χ1) is 11.6. The maximum Gasteiger partial charge on any atom is 0.328 e. The van der Waals surface area contributed by atoms with E-state index in [0.717, 1.165) is 38.3 Å². The number of hydrogen-bond donors (Lipinski definition) is 1. The average molecular weight is 331 g/mol. The Bertz CT molecular complexity index is 773. The minimum Gasteiger partial charge on any atom is -0.335 e. The zero-order chi connectivity index (χ0) is 17.1.